The zero-order chi connectivity index (χ0) is 23.2. The molecule has 0 bridgehead atoms. The number of carbonyl (C=O) groups excluding carboxylic acids is 3. The van der Waals surface area contributed by atoms with Gasteiger partial charge in [0.25, 0.3) is 0 Å². The van der Waals surface area contributed by atoms with E-state index in [1.165, 1.54) is 0 Å². The van der Waals surface area contributed by atoms with Crippen LogP contribution in [0.2, 0.25) is 0 Å². The van der Waals surface area contributed by atoms with E-state index in [4.69, 9.17) is 9.26 Å². The standard InChI is InChI=1S/C23H31N3O5/c1-14(2)21(29)24-17-12-10-16(11-13-17)20(28)15(3)30-19(27)9-7-8-18-25-22(26-31-18)23(4,5)6/h10-15H,7-9H2,1-6H3,(H,24,29). The summed E-state index contributed by atoms with van der Waals surface area (Å²) >= 11 is 0. The van der Waals surface area contributed by atoms with Gasteiger partial charge in [0.2, 0.25) is 17.6 Å². The molecule has 2 rings (SSSR count). The molecular weight excluding hydrogens is 398 g/mol. The Morgan fingerprint density at radius 2 is 1.74 bits per heavy atom. The van der Waals surface area contributed by atoms with E-state index in [9.17, 15) is 14.4 Å². The number of Topliss-reactive ketones (excluding diaryl/α,β-unsaturated/α-hetero) is 1. The SMILES string of the molecule is CC(C)C(=O)Nc1ccc(C(=O)C(C)OC(=O)CCCc2nc(C(C)(C)C)no2)cc1. The van der Waals surface area contributed by atoms with Crippen LogP contribution in [0.3, 0.4) is 0 Å². The van der Waals surface area contributed by atoms with Crippen molar-refractivity contribution >= 4 is 23.3 Å². The van der Waals surface area contributed by atoms with Gasteiger partial charge in [-0.1, -0.05) is 39.8 Å². The Balaban J connectivity index is 1.80. The van der Waals surface area contributed by atoms with Crippen molar-refractivity contribution in [1.29, 1.82) is 0 Å². The maximum atomic E-state index is 12.5. The summed E-state index contributed by atoms with van der Waals surface area (Å²) in [5, 5.41) is 6.71. The van der Waals surface area contributed by atoms with Crippen molar-refractivity contribution in [2.24, 2.45) is 5.92 Å². The molecule has 0 saturated carbocycles. The molecule has 0 radical (unpaired) electrons. The highest BCUT2D eigenvalue weighted by Crippen LogP contribution is 2.19. The highest BCUT2D eigenvalue weighted by Gasteiger charge is 2.22. The van der Waals surface area contributed by atoms with Crippen molar-refractivity contribution in [2.45, 2.75) is 72.3 Å². The Labute approximate surface area is 182 Å². The van der Waals surface area contributed by atoms with Gasteiger partial charge in [0.15, 0.2) is 11.9 Å². The van der Waals surface area contributed by atoms with E-state index in [0.29, 0.717) is 35.8 Å². The molecule has 1 heterocycles. The second-order valence-corrected chi connectivity index (χ2v) is 8.83. The molecule has 0 saturated heterocycles. The third-order valence-corrected chi connectivity index (χ3v) is 4.55. The first-order valence-corrected chi connectivity index (χ1v) is 10.4. The molecule has 1 N–H and O–H groups in total. The van der Waals surface area contributed by atoms with Crippen molar-refractivity contribution < 1.29 is 23.6 Å². The average molecular weight is 430 g/mol. The Hall–Kier alpha value is -3.03. The van der Waals surface area contributed by atoms with Gasteiger partial charge in [-0.25, -0.2) is 0 Å². The topological polar surface area (TPSA) is 111 Å². The summed E-state index contributed by atoms with van der Waals surface area (Å²) in [6.45, 7) is 11.1. The number of carbonyl (C=O) groups is 3. The van der Waals surface area contributed by atoms with E-state index in [0.717, 1.165) is 0 Å². The summed E-state index contributed by atoms with van der Waals surface area (Å²) < 4.78 is 10.5. The highest BCUT2D eigenvalue weighted by atomic mass is 16.5. The minimum Gasteiger partial charge on any atom is -0.454 e. The van der Waals surface area contributed by atoms with Gasteiger partial charge >= 0.3 is 5.97 Å². The number of anilines is 1. The molecule has 1 amide bonds. The molecule has 1 atom stereocenters. The molecule has 2 aromatic rings. The van der Waals surface area contributed by atoms with E-state index in [2.05, 4.69) is 15.5 Å². The summed E-state index contributed by atoms with van der Waals surface area (Å²) in [6, 6.07) is 6.51. The number of hydrogen-bond donors (Lipinski definition) is 1. The summed E-state index contributed by atoms with van der Waals surface area (Å²) in [5.74, 6) is 0.0993. The van der Waals surface area contributed by atoms with Crippen LogP contribution in [-0.2, 0) is 26.2 Å². The van der Waals surface area contributed by atoms with Gasteiger partial charge in [-0.3, -0.25) is 14.4 Å². The first kappa shape index (κ1) is 24.2. The minimum atomic E-state index is -0.903. The molecule has 8 heteroatoms. The maximum absolute atomic E-state index is 12.5. The Morgan fingerprint density at radius 1 is 1.10 bits per heavy atom. The molecule has 0 spiro atoms. The van der Waals surface area contributed by atoms with Crippen LogP contribution in [0.1, 0.15) is 76.5 Å². The van der Waals surface area contributed by atoms with Crippen LogP contribution in [0.5, 0.6) is 0 Å². The number of amides is 1. The van der Waals surface area contributed by atoms with Gasteiger partial charge in [0.1, 0.15) is 0 Å². The second kappa shape index (κ2) is 10.3. The molecular formula is C23H31N3O5. The van der Waals surface area contributed by atoms with Crippen LogP contribution >= 0.6 is 0 Å². The minimum absolute atomic E-state index is 0.100. The number of benzene rings is 1. The molecule has 8 nitrogen and oxygen atoms in total. The van der Waals surface area contributed by atoms with E-state index in [1.54, 1.807) is 45.0 Å². The van der Waals surface area contributed by atoms with Crippen LogP contribution < -0.4 is 5.32 Å². The largest absolute Gasteiger partial charge is 0.454 e. The first-order valence-electron chi connectivity index (χ1n) is 10.4. The van der Waals surface area contributed by atoms with E-state index in [1.807, 2.05) is 20.8 Å². The van der Waals surface area contributed by atoms with Crippen LogP contribution in [0.4, 0.5) is 5.69 Å². The number of nitrogens with zero attached hydrogens (tertiary/aromatic N) is 2. The first-order chi connectivity index (χ1) is 14.5. The van der Waals surface area contributed by atoms with E-state index in [-0.39, 0.29) is 29.4 Å². The van der Waals surface area contributed by atoms with Crippen molar-refractivity contribution in [3.8, 4) is 0 Å². The number of rotatable bonds is 9. The van der Waals surface area contributed by atoms with Gasteiger partial charge in [-0.05, 0) is 37.6 Å². The fraction of sp³-hybridized carbons (Fsp3) is 0.522. The highest BCUT2D eigenvalue weighted by molar-refractivity contribution is 6.00. The predicted molar refractivity (Wildman–Crippen MR) is 116 cm³/mol. The summed E-state index contributed by atoms with van der Waals surface area (Å²) in [5.41, 5.74) is 0.813. The zero-order valence-electron chi connectivity index (χ0n) is 19.0. The van der Waals surface area contributed by atoms with Gasteiger partial charge in [-0.2, -0.15) is 4.98 Å². The fourth-order valence-corrected chi connectivity index (χ4v) is 2.59. The summed E-state index contributed by atoms with van der Waals surface area (Å²) in [6.07, 6.45) is 0.185. The lowest BCUT2D eigenvalue weighted by Crippen LogP contribution is -2.24. The molecule has 0 aliphatic rings. The zero-order valence-corrected chi connectivity index (χ0v) is 19.0. The molecule has 31 heavy (non-hydrogen) atoms. The lowest BCUT2D eigenvalue weighted by molar-refractivity contribution is -0.146. The molecule has 1 unspecified atom stereocenters. The Kier molecular flexibility index (Phi) is 8.08. The molecule has 1 aromatic heterocycles. The fourth-order valence-electron chi connectivity index (χ4n) is 2.59. The third kappa shape index (κ3) is 7.31. The molecule has 1 aromatic carbocycles. The van der Waals surface area contributed by atoms with Gasteiger partial charge in [0.05, 0.1) is 0 Å². The number of aromatic nitrogens is 2. The van der Waals surface area contributed by atoms with Crippen molar-refractivity contribution in [1.82, 2.24) is 10.1 Å². The van der Waals surface area contributed by atoms with Crippen LogP contribution in [0.25, 0.3) is 0 Å². The second-order valence-electron chi connectivity index (χ2n) is 8.83. The van der Waals surface area contributed by atoms with Gasteiger partial charge in [0, 0.05) is 35.4 Å². The molecule has 168 valence electrons. The Bertz CT molecular complexity index is 910. The van der Waals surface area contributed by atoms with E-state index < -0.39 is 12.1 Å². The molecule has 0 fully saturated rings. The Morgan fingerprint density at radius 3 is 2.29 bits per heavy atom. The van der Waals surface area contributed by atoms with Gasteiger partial charge in [-0.15, -0.1) is 0 Å². The number of esters is 1. The van der Waals surface area contributed by atoms with Crippen LogP contribution in [0, 0.1) is 5.92 Å². The monoisotopic (exact) mass is 429 g/mol. The molecule has 0 aliphatic carbocycles. The number of ketones is 1. The summed E-state index contributed by atoms with van der Waals surface area (Å²) in [4.78, 5) is 40.7. The smallest absolute Gasteiger partial charge is 0.306 e. The van der Waals surface area contributed by atoms with Crippen LogP contribution in [-0.4, -0.2) is 33.9 Å². The number of aryl methyl sites for hydroxylation is 1. The quantitative estimate of drug-likeness (QED) is 0.472. The average Bonchev–Trinajstić information content (AvgIpc) is 3.17. The van der Waals surface area contributed by atoms with Gasteiger partial charge < -0.3 is 14.6 Å². The molecule has 0 aliphatic heterocycles. The third-order valence-electron chi connectivity index (χ3n) is 4.55. The lowest BCUT2D eigenvalue weighted by Gasteiger charge is -2.13. The van der Waals surface area contributed by atoms with Crippen molar-refractivity contribution in [3.05, 3.63) is 41.5 Å². The van der Waals surface area contributed by atoms with Crippen LogP contribution in [0.15, 0.2) is 28.8 Å². The normalized spacial score (nSPS) is 12.5. The predicted octanol–water partition coefficient (Wildman–Crippen LogP) is 4.10. The number of nitrogens with one attached hydrogen (secondary N) is 1. The number of ether oxygens (including phenoxy) is 1. The maximum Gasteiger partial charge on any atom is 0.306 e. The number of hydrogen-bond acceptors (Lipinski definition) is 7. The lowest BCUT2D eigenvalue weighted by atomic mass is 9.96. The van der Waals surface area contributed by atoms with Crippen molar-refractivity contribution in [3.63, 3.8) is 0 Å². The summed E-state index contributed by atoms with van der Waals surface area (Å²) in [7, 11) is 0. The van der Waals surface area contributed by atoms with E-state index >= 15 is 0 Å². The van der Waals surface area contributed by atoms with Crippen molar-refractivity contribution in [2.75, 3.05) is 5.32 Å².